The Hall–Kier alpha value is -2.94. The molecule has 2 heterocycles. The molecule has 0 aliphatic carbocycles. The van der Waals surface area contributed by atoms with Gasteiger partial charge in [-0.25, -0.2) is 0 Å². The molecule has 1 fully saturated rings. The van der Waals surface area contributed by atoms with Gasteiger partial charge in [0.15, 0.2) is 0 Å². The van der Waals surface area contributed by atoms with Gasteiger partial charge >= 0.3 is 0 Å². The highest BCUT2D eigenvalue weighted by molar-refractivity contribution is 5.76. The molecule has 0 N–H and O–H groups in total. The monoisotopic (exact) mass is 384 g/mol. The molecule has 0 spiro atoms. The number of aryl methyl sites for hydroxylation is 1. The number of benzene rings is 2. The van der Waals surface area contributed by atoms with E-state index < -0.39 is 0 Å². The lowest BCUT2D eigenvalue weighted by molar-refractivity contribution is -0.132. The molecule has 2 aromatic carbocycles. The minimum absolute atomic E-state index is 0.263. The van der Waals surface area contributed by atoms with Gasteiger partial charge < -0.3 is 4.90 Å². The number of hydrogen-bond acceptors (Lipinski definition) is 2. The van der Waals surface area contributed by atoms with Gasteiger partial charge in [-0.2, -0.15) is 0 Å². The number of aromatic nitrogens is 1. The molecule has 1 atom stereocenters. The van der Waals surface area contributed by atoms with Crippen LogP contribution in [-0.4, -0.2) is 28.9 Å². The zero-order valence-corrected chi connectivity index (χ0v) is 16.8. The van der Waals surface area contributed by atoms with E-state index in [2.05, 4.69) is 54.6 Å². The lowest BCUT2D eigenvalue weighted by atomic mass is 9.93. The third-order valence-corrected chi connectivity index (χ3v) is 5.72. The summed E-state index contributed by atoms with van der Waals surface area (Å²) < 4.78 is 0. The van der Waals surface area contributed by atoms with Crippen LogP contribution in [0.15, 0.2) is 78.9 Å². The Morgan fingerprint density at radius 3 is 2.38 bits per heavy atom. The van der Waals surface area contributed by atoms with Crippen LogP contribution >= 0.6 is 0 Å². The molecule has 148 valence electrons. The number of carbonyl (C=O) groups is 1. The fourth-order valence-electron chi connectivity index (χ4n) is 4.13. The van der Waals surface area contributed by atoms with E-state index >= 15 is 0 Å². The van der Waals surface area contributed by atoms with Crippen molar-refractivity contribution in [3.8, 4) is 0 Å². The lowest BCUT2D eigenvalue weighted by Crippen LogP contribution is -2.39. The zero-order valence-electron chi connectivity index (χ0n) is 16.8. The van der Waals surface area contributed by atoms with Crippen molar-refractivity contribution in [2.24, 2.45) is 0 Å². The highest BCUT2D eigenvalue weighted by atomic mass is 16.2. The molecule has 29 heavy (non-hydrogen) atoms. The molecule has 0 saturated carbocycles. The molecule has 1 aliphatic heterocycles. The molecule has 4 rings (SSSR count). The summed E-state index contributed by atoms with van der Waals surface area (Å²) in [5, 5.41) is 0. The fourth-order valence-corrected chi connectivity index (χ4v) is 4.13. The van der Waals surface area contributed by atoms with E-state index in [1.54, 1.807) is 0 Å². The minimum atomic E-state index is 0.263. The highest BCUT2D eigenvalue weighted by Crippen LogP contribution is 2.26. The van der Waals surface area contributed by atoms with Gasteiger partial charge in [-0.05, 0) is 42.5 Å². The third kappa shape index (κ3) is 5.32. The van der Waals surface area contributed by atoms with Crippen molar-refractivity contribution in [2.75, 3.05) is 13.1 Å². The zero-order chi connectivity index (χ0) is 19.9. The molecule has 3 nitrogen and oxygen atoms in total. The number of piperidine rings is 1. The highest BCUT2D eigenvalue weighted by Gasteiger charge is 2.25. The van der Waals surface area contributed by atoms with Crippen LogP contribution in [0.3, 0.4) is 0 Å². The van der Waals surface area contributed by atoms with E-state index in [0.717, 1.165) is 50.2 Å². The van der Waals surface area contributed by atoms with Crippen molar-refractivity contribution >= 4 is 5.91 Å². The molecule has 1 amide bonds. The van der Waals surface area contributed by atoms with Crippen molar-refractivity contribution in [2.45, 2.75) is 38.0 Å². The van der Waals surface area contributed by atoms with E-state index in [9.17, 15) is 4.79 Å². The van der Waals surface area contributed by atoms with Gasteiger partial charge in [0.1, 0.15) is 0 Å². The molecule has 0 radical (unpaired) electrons. The summed E-state index contributed by atoms with van der Waals surface area (Å²) in [6, 6.07) is 27.1. The van der Waals surface area contributed by atoms with Crippen LogP contribution in [0.2, 0.25) is 0 Å². The van der Waals surface area contributed by atoms with Gasteiger partial charge in [0, 0.05) is 43.2 Å². The van der Waals surface area contributed by atoms with Crippen LogP contribution < -0.4 is 0 Å². The van der Waals surface area contributed by atoms with Gasteiger partial charge in [-0.15, -0.1) is 0 Å². The maximum Gasteiger partial charge on any atom is 0.222 e. The Kier molecular flexibility index (Phi) is 6.35. The summed E-state index contributed by atoms with van der Waals surface area (Å²) in [6.45, 7) is 1.66. The Bertz CT molecular complexity index is 924. The first-order valence-electron chi connectivity index (χ1n) is 10.6. The number of hydrogen-bond donors (Lipinski definition) is 0. The molecular weight excluding hydrogens is 356 g/mol. The topological polar surface area (TPSA) is 33.2 Å². The van der Waals surface area contributed by atoms with Gasteiger partial charge in [0.2, 0.25) is 5.91 Å². The summed E-state index contributed by atoms with van der Waals surface area (Å²) in [7, 11) is 0. The molecule has 1 aliphatic rings. The number of carbonyl (C=O) groups excluding carboxylic acids is 1. The Morgan fingerprint density at radius 2 is 1.62 bits per heavy atom. The molecule has 0 unspecified atom stereocenters. The first kappa shape index (κ1) is 19.4. The molecular formula is C26H28N2O. The Morgan fingerprint density at radius 1 is 0.897 bits per heavy atom. The first-order chi connectivity index (χ1) is 14.3. The first-order valence-corrected chi connectivity index (χ1v) is 10.6. The molecule has 3 aromatic rings. The average Bonchev–Trinajstić information content (AvgIpc) is 2.79. The third-order valence-electron chi connectivity index (χ3n) is 5.72. The second kappa shape index (κ2) is 9.51. The second-order valence-electron chi connectivity index (χ2n) is 7.88. The van der Waals surface area contributed by atoms with Crippen LogP contribution in [0.1, 0.15) is 47.7 Å². The van der Waals surface area contributed by atoms with E-state index in [-0.39, 0.29) is 5.91 Å². The lowest BCUT2D eigenvalue weighted by Gasteiger charge is -2.32. The van der Waals surface area contributed by atoms with E-state index in [0.29, 0.717) is 12.3 Å². The summed E-state index contributed by atoms with van der Waals surface area (Å²) in [4.78, 5) is 19.7. The summed E-state index contributed by atoms with van der Waals surface area (Å²) in [6.07, 6.45) is 4.39. The van der Waals surface area contributed by atoms with E-state index in [4.69, 9.17) is 4.98 Å². The summed E-state index contributed by atoms with van der Waals surface area (Å²) in [5.41, 5.74) is 4.73. The van der Waals surface area contributed by atoms with Crippen LogP contribution in [0.5, 0.6) is 0 Å². The van der Waals surface area contributed by atoms with Crippen LogP contribution in [0.4, 0.5) is 0 Å². The quantitative estimate of drug-likeness (QED) is 0.598. The standard InChI is InChI=1S/C26H28N2O/c29-26(17-16-21-9-3-1-4-10-21)28-18-8-13-23(20-28)25-15-7-14-24(27-25)19-22-11-5-2-6-12-22/h1-7,9-12,14-15,23H,8,13,16-20H2/t23-/m1/s1. The molecule has 1 saturated heterocycles. The maximum absolute atomic E-state index is 12.8. The predicted molar refractivity (Wildman–Crippen MR) is 117 cm³/mol. The van der Waals surface area contributed by atoms with Gasteiger partial charge in [0.05, 0.1) is 0 Å². The van der Waals surface area contributed by atoms with Crippen LogP contribution in [0.25, 0.3) is 0 Å². The molecule has 1 aromatic heterocycles. The Labute approximate surface area is 173 Å². The van der Waals surface area contributed by atoms with Crippen molar-refractivity contribution in [1.82, 2.24) is 9.88 Å². The van der Waals surface area contributed by atoms with Crippen LogP contribution in [-0.2, 0) is 17.6 Å². The average molecular weight is 385 g/mol. The fraction of sp³-hybridized carbons (Fsp3) is 0.308. The number of rotatable bonds is 6. The van der Waals surface area contributed by atoms with Crippen LogP contribution in [0, 0.1) is 0 Å². The summed E-state index contributed by atoms with van der Waals surface area (Å²) >= 11 is 0. The van der Waals surface area contributed by atoms with E-state index in [1.165, 1.54) is 11.1 Å². The van der Waals surface area contributed by atoms with Crippen molar-refractivity contribution in [3.05, 3.63) is 101 Å². The number of likely N-dealkylation sites (tertiary alicyclic amines) is 1. The minimum Gasteiger partial charge on any atom is -0.342 e. The Balaban J connectivity index is 1.38. The number of pyridine rings is 1. The van der Waals surface area contributed by atoms with Crippen molar-refractivity contribution < 1.29 is 4.79 Å². The SMILES string of the molecule is O=C(CCc1ccccc1)N1CCC[C@@H](c2cccc(Cc3ccccc3)n2)C1. The van der Waals surface area contributed by atoms with Gasteiger partial charge in [-0.1, -0.05) is 66.7 Å². The molecule has 3 heteroatoms. The van der Waals surface area contributed by atoms with E-state index in [1.807, 2.05) is 29.2 Å². The smallest absolute Gasteiger partial charge is 0.222 e. The summed E-state index contributed by atoms with van der Waals surface area (Å²) in [5.74, 6) is 0.596. The number of nitrogens with zero attached hydrogens (tertiary/aromatic N) is 2. The predicted octanol–water partition coefficient (Wildman–Crippen LogP) is 5.01. The largest absolute Gasteiger partial charge is 0.342 e. The molecule has 0 bridgehead atoms. The maximum atomic E-state index is 12.8. The second-order valence-corrected chi connectivity index (χ2v) is 7.88. The van der Waals surface area contributed by atoms with Gasteiger partial charge in [-0.3, -0.25) is 9.78 Å². The number of amides is 1. The van der Waals surface area contributed by atoms with Crippen molar-refractivity contribution in [1.29, 1.82) is 0 Å². The van der Waals surface area contributed by atoms with Gasteiger partial charge in [0.25, 0.3) is 0 Å². The normalized spacial score (nSPS) is 16.6. The van der Waals surface area contributed by atoms with Crippen molar-refractivity contribution in [3.63, 3.8) is 0 Å².